The van der Waals surface area contributed by atoms with Crippen LogP contribution in [0.1, 0.15) is 43.2 Å². The van der Waals surface area contributed by atoms with Gasteiger partial charge in [0.2, 0.25) is 0 Å². The third-order valence-electron chi connectivity index (χ3n) is 4.13. The zero-order chi connectivity index (χ0) is 14.3. The third kappa shape index (κ3) is 2.50. The molecule has 1 aliphatic rings. The molecule has 1 atom stereocenters. The van der Waals surface area contributed by atoms with E-state index in [2.05, 4.69) is 18.4 Å². The van der Waals surface area contributed by atoms with Crippen LogP contribution in [0.25, 0.3) is 0 Å². The molecule has 1 heterocycles. The Morgan fingerprint density at radius 3 is 2.65 bits per heavy atom. The molecule has 2 aromatic rings. The highest BCUT2D eigenvalue weighted by molar-refractivity contribution is 5.30. The van der Waals surface area contributed by atoms with Gasteiger partial charge in [0.1, 0.15) is 5.82 Å². The minimum absolute atomic E-state index is 0.116. The molecule has 3 rings (SSSR count). The fourth-order valence-electron chi connectivity index (χ4n) is 3.12. The number of hydrogen-bond acceptors (Lipinski definition) is 1. The summed E-state index contributed by atoms with van der Waals surface area (Å²) in [7, 11) is 0. The maximum atomic E-state index is 13.0. The fourth-order valence-corrected chi connectivity index (χ4v) is 3.12. The van der Waals surface area contributed by atoms with Gasteiger partial charge in [0.05, 0.1) is 6.10 Å². The molecule has 1 aromatic carbocycles. The number of aliphatic hydroxyl groups excluding tert-OH is 1. The summed E-state index contributed by atoms with van der Waals surface area (Å²) in [6.07, 6.45) is 3.43. The number of aromatic nitrogens is 1. The molecule has 20 heavy (non-hydrogen) atoms. The van der Waals surface area contributed by atoms with Crippen molar-refractivity contribution >= 4 is 0 Å². The standard InChI is InChI=1S/C17H20FNO/c1-17(2)9-15-14(16(20)10-17)7-8-19(15)11-12-3-5-13(18)6-4-12/h3-8,16,20H,9-11H2,1-2H3. The van der Waals surface area contributed by atoms with E-state index < -0.39 is 0 Å². The molecule has 3 heteroatoms. The van der Waals surface area contributed by atoms with E-state index in [0.29, 0.717) is 0 Å². The average Bonchev–Trinajstić information content (AvgIpc) is 2.74. The van der Waals surface area contributed by atoms with Gasteiger partial charge in [-0.2, -0.15) is 0 Å². The fraction of sp³-hybridized carbons (Fsp3) is 0.412. The molecule has 0 fully saturated rings. The second kappa shape index (κ2) is 4.74. The van der Waals surface area contributed by atoms with Crippen LogP contribution in [-0.4, -0.2) is 9.67 Å². The monoisotopic (exact) mass is 273 g/mol. The Balaban J connectivity index is 1.91. The molecule has 1 unspecified atom stereocenters. The first-order valence-electron chi connectivity index (χ1n) is 7.05. The summed E-state index contributed by atoms with van der Waals surface area (Å²) >= 11 is 0. The number of rotatable bonds is 2. The van der Waals surface area contributed by atoms with Crippen LogP contribution < -0.4 is 0 Å². The Labute approximate surface area is 118 Å². The second-order valence-electron chi connectivity index (χ2n) is 6.53. The lowest BCUT2D eigenvalue weighted by Gasteiger charge is -2.34. The molecule has 2 nitrogen and oxygen atoms in total. The number of halogens is 1. The minimum Gasteiger partial charge on any atom is -0.388 e. The second-order valence-corrected chi connectivity index (χ2v) is 6.53. The van der Waals surface area contributed by atoms with E-state index >= 15 is 0 Å². The Kier molecular flexibility index (Phi) is 3.17. The van der Waals surface area contributed by atoms with Crippen molar-refractivity contribution < 1.29 is 9.50 Å². The topological polar surface area (TPSA) is 25.2 Å². The van der Waals surface area contributed by atoms with Gasteiger partial charge in [-0.25, -0.2) is 4.39 Å². The molecule has 0 saturated carbocycles. The van der Waals surface area contributed by atoms with Gasteiger partial charge in [0, 0.05) is 24.0 Å². The summed E-state index contributed by atoms with van der Waals surface area (Å²) in [5.41, 5.74) is 3.44. The van der Waals surface area contributed by atoms with E-state index in [1.807, 2.05) is 24.4 Å². The average molecular weight is 273 g/mol. The van der Waals surface area contributed by atoms with Crippen LogP contribution in [-0.2, 0) is 13.0 Å². The van der Waals surface area contributed by atoms with Crippen LogP contribution >= 0.6 is 0 Å². The summed E-state index contributed by atoms with van der Waals surface area (Å²) in [6.45, 7) is 5.10. The van der Waals surface area contributed by atoms with E-state index in [-0.39, 0.29) is 17.3 Å². The van der Waals surface area contributed by atoms with Crippen molar-refractivity contribution in [3.63, 3.8) is 0 Å². The molecule has 0 radical (unpaired) electrons. The highest BCUT2D eigenvalue weighted by Crippen LogP contribution is 2.41. The van der Waals surface area contributed by atoms with Gasteiger partial charge in [-0.15, -0.1) is 0 Å². The summed E-state index contributed by atoms with van der Waals surface area (Å²) in [5.74, 6) is -0.208. The van der Waals surface area contributed by atoms with Crippen LogP contribution in [0.2, 0.25) is 0 Å². The molecule has 0 amide bonds. The van der Waals surface area contributed by atoms with Gasteiger partial charge >= 0.3 is 0 Å². The van der Waals surface area contributed by atoms with Crippen LogP contribution in [0.4, 0.5) is 4.39 Å². The molecule has 1 aliphatic carbocycles. The van der Waals surface area contributed by atoms with Crippen molar-refractivity contribution in [3.8, 4) is 0 Å². The lowest BCUT2D eigenvalue weighted by atomic mass is 9.75. The van der Waals surface area contributed by atoms with Crippen molar-refractivity contribution in [1.82, 2.24) is 4.57 Å². The molecular weight excluding hydrogens is 253 g/mol. The van der Waals surface area contributed by atoms with Crippen LogP contribution in [0.3, 0.4) is 0 Å². The zero-order valence-corrected chi connectivity index (χ0v) is 11.9. The lowest BCUT2D eigenvalue weighted by molar-refractivity contribution is 0.0981. The molecule has 0 aliphatic heterocycles. The Hall–Kier alpha value is -1.61. The van der Waals surface area contributed by atoms with E-state index in [1.54, 1.807) is 0 Å². The molecular formula is C17H20FNO. The van der Waals surface area contributed by atoms with Crippen molar-refractivity contribution in [2.24, 2.45) is 5.41 Å². The van der Waals surface area contributed by atoms with Crippen LogP contribution in [0, 0.1) is 11.2 Å². The number of hydrogen-bond donors (Lipinski definition) is 1. The summed E-state index contributed by atoms with van der Waals surface area (Å²) in [6, 6.07) is 8.62. The van der Waals surface area contributed by atoms with Gasteiger partial charge in [0.25, 0.3) is 0 Å². The Bertz CT molecular complexity index is 612. The van der Waals surface area contributed by atoms with Gasteiger partial charge in [-0.1, -0.05) is 26.0 Å². The van der Waals surface area contributed by atoms with Crippen molar-refractivity contribution in [3.05, 3.63) is 59.2 Å². The van der Waals surface area contributed by atoms with Gasteiger partial charge in [-0.05, 0) is 42.0 Å². The Morgan fingerprint density at radius 2 is 1.95 bits per heavy atom. The third-order valence-corrected chi connectivity index (χ3v) is 4.13. The minimum atomic E-state index is -0.372. The predicted octanol–water partition coefficient (Wildman–Crippen LogP) is 3.68. The zero-order valence-electron chi connectivity index (χ0n) is 11.9. The maximum absolute atomic E-state index is 13.0. The van der Waals surface area contributed by atoms with E-state index in [1.165, 1.54) is 17.8 Å². The molecule has 1 aromatic heterocycles. The van der Waals surface area contributed by atoms with E-state index in [4.69, 9.17) is 0 Å². The first-order valence-corrected chi connectivity index (χ1v) is 7.05. The van der Waals surface area contributed by atoms with Crippen molar-refractivity contribution in [2.75, 3.05) is 0 Å². The molecule has 0 bridgehead atoms. The molecule has 1 N–H and O–H groups in total. The molecule has 0 spiro atoms. The van der Waals surface area contributed by atoms with Crippen LogP contribution in [0.15, 0.2) is 36.5 Å². The van der Waals surface area contributed by atoms with Crippen molar-refractivity contribution in [2.45, 2.75) is 39.3 Å². The normalized spacial score (nSPS) is 20.7. The van der Waals surface area contributed by atoms with Gasteiger partial charge in [-0.3, -0.25) is 0 Å². The first kappa shape index (κ1) is 13.4. The largest absolute Gasteiger partial charge is 0.388 e. The highest BCUT2D eigenvalue weighted by Gasteiger charge is 2.33. The SMILES string of the molecule is CC1(C)Cc2c(ccn2Cc2ccc(F)cc2)C(O)C1. The number of benzene rings is 1. The highest BCUT2D eigenvalue weighted by atomic mass is 19.1. The van der Waals surface area contributed by atoms with Gasteiger partial charge in [0.15, 0.2) is 0 Å². The maximum Gasteiger partial charge on any atom is 0.123 e. The summed E-state index contributed by atoms with van der Waals surface area (Å²) in [5, 5.41) is 10.2. The first-order chi connectivity index (χ1) is 9.44. The van der Waals surface area contributed by atoms with E-state index in [0.717, 1.165) is 30.5 Å². The Morgan fingerprint density at radius 1 is 1.25 bits per heavy atom. The van der Waals surface area contributed by atoms with Crippen LogP contribution in [0.5, 0.6) is 0 Å². The summed E-state index contributed by atoms with van der Waals surface area (Å²) < 4.78 is 15.1. The molecule has 106 valence electrons. The number of nitrogens with zero attached hydrogens (tertiary/aromatic N) is 1. The smallest absolute Gasteiger partial charge is 0.123 e. The summed E-state index contributed by atoms with van der Waals surface area (Å²) in [4.78, 5) is 0. The number of fused-ring (bicyclic) bond motifs is 1. The quantitative estimate of drug-likeness (QED) is 0.887. The number of aliphatic hydroxyl groups is 1. The lowest BCUT2D eigenvalue weighted by Crippen LogP contribution is -2.26. The predicted molar refractivity (Wildman–Crippen MR) is 77.0 cm³/mol. The molecule has 0 saturated heterocycles. The van der Waals surface area contributed by atoms with Gasteiger partial charge < -0.3 is 9.67 Å². The van der Waals surface area contributed by atoms with Crippen molar-refractivity contribution in [1.29, 1.82) is 0 Å². The van der Waals surface area contributed by atoms with E-state index in [9.17, 15) is 9.50 Å².